The van der Waals surface area contributed by atoms with E-state index in [1.165, 1.54) is 10.8 Å². The molecule has 0 atom stereocenters. The SMILES string of the molecule is c1ccc(-c2cc(-c3ccccc3)cc(-c3nc(-c4ccc(-c5ccc6c(c5)c5cc7nc(-c8ccccc8)c8ccccc8c7cc5n6-c5ccccc5)cc4)nc4ccccc34)c2)cc1. The molecule has 0 spiro atoms. The summed E-state index contributed by atoms with van der Waals surface area (Å²) in [6.07, 6.45) is 0. The quantitative estimate of drug-likeness (QED) is 0.150. The molecule has 0 amide bonds. The fourth-order valence-electron chi connectivity index (χ4n) is 9.91. The van der Waals surface area contributed by atoms with Crippen LogP contribution in [0, 0.1) is 0 Å². The van der Waals surface area contributed by atoms with E-state index in [1.807, 2.05) is 0 Å². The van der Waals surface area contributed by atoms with E-state index in [0.29, 0.717) is 5.82 Å². The lowest BCUT2D eigenvalue weighted by Gasteiger charge is -2.14. The molecule has 3 aromatic heterocycles. The summed E-state index contributed by atoms with van der Waals surface area (Å²) in [5.41, 5.74) is 17.2. The molecule has 0 aliphatic heterocycles. The maximum absolute atomic E-state index is 5.39. The van der Waals surface area contributed by atoms with Crippen molar-refractivity contribution in [1.82, 2.24) is 19.5 Å². The van der Waals surface area contributed by atoms with E-state index < -0.39 is 0 Å². The normalized spacial score (nSPS) is 11.6. The van der Waals surface area contributed by atoms with Gasteiger partial charge < -0.3 is 4.57 Å². The highest BCUT2D eigenvalue weighted by molar-refractivity contribution is 6.19. The fourth-order valence-corrected chi connectivity index (χ4v) is 9.91. The number of aromatic nitrogens is 4. The Hall–Kier alpha value is -8.99. The van der Waals surface area contributed by atoms with Gasteiger partial charge in [0.15, 0.2) is 5.82 Å². The smallest absolute Gasteiger partial charge is 0.160 e. The van der Waals surface area contributed by atoms with Gasteiger partial charge in [0.25, 0.3) is 0 Å². The summed E-state index contributed by atoms with van der Waals surface area (Å²) in [6, 6.07) is 86.3. The molecule has 13 rings (SSSR count). The van der Waals surface area contributed by atoms with Crippen LogP contribution in [-0.4, -0.2) is 19.5 Å². The Morgan fingerprint density at radius 3 is 1.43 bits per heavy atom. The maximum Gasteiger partial charge on any atom is 0.160 e. The number of hydrogen-bond acceptors (Lipinski definition) is 3. The van der Waals surface area contributed by atoms with Gasteiger partial charge in [-0.2, -0.15) is 0 Å². The lowest BCUT2D eigenvalue weighted by Crippen LogP contribution is -1.96. The Morgan fingerprint density at radius 2 is 0.746 bits per heavy atom. The Bertz CT molecular complexity index is 3940. The average Bonchev–Trinajstić information content (AvgIpc) is 3.73. The molecule has 0 unspecified atom stereocenters. The van der Waals surface area contributed by atoms with Crippen LogP contribution in [0.15, 0.2) is 243 Å². The summed E-state index contributed by atoms with van der Waals surface area (Å²) in [7, 11) is 0. The number of para-hydroxylation sites is 2. The molecule has 0 fully saturated rings. The minimum absolute atomic E-state index is 0.690. The Balaban J connectivity index is 0.942. The minimum Gasteiger partial charge on any atom is -0.309 e. The molecule has 0 aliphatic rings. The van der Waals surface area contributed by atoms with Gasteiger partial charge in [0.2, 0.25) is 0 Å². The van der Waals surface area contributed by atoms with Gasteiger partial charge in [-0.15, -0.1) is 0 Å². The highest BCUT2D eigenvalue weighted by Crippen LogP contribution is 2.41. The first-order chi connectivity index (χ1) is 33.2. The van der Waals surface area contributed by atoms with Crippen molar-refractivity contribution in [3.63, 3.8) is 0 Å². The second-order valence-corrected chi connectivity index (χ2v) is 17.2. The molecule has 0 saturated carbocycles. The van der Waals surface area contributed by atoms with Crippen molar-refractivity contribution in [3.8, 4) is 73.0 Å². The Morgan fingerprint density at radius 1 is 0.239 bits per heavy atom. The molecule has 67 heavy (non-hydrogen) atoms. The first-order valence-corrected chi connectivity index (χ1v) is 22.8. The van der Waals surface area contributed by atoms with Crippen molar-refractivity contribution in [1.29, 1.82) is 0 Å². The van der Waals surface area contributed by atoms with Crippen molar-refractivity contribution in [2.24, 2.45) is 0 Å². The van der Waals surface area contributed by atoms with Crippen LogP contribution in [0.4, 0.5) is 0 Å². The van der Waals surface area contributed by atoms with Crippen molar-refractivity contribution in [2.75, 3.05) is 0 Å². The summed E-state index contributed by atoms with van der Waals surface area (Å²) in [5.74, 6) is 0.690. The second-order valence-electron chi connectivity index (χ2n) is 17.2. The van der Waals surface area contributed by atoms with Gasteiger partial charge in [0, 0.05) is 49.3 Å². The Labute approximate surface area is 387 Å². The van der Waals surface area contributed by atoms with Crippen molar-refractivity contribution in [3.05, 3.63) is 243 Å². The largest absolute Gasteiger partial charge is 0.309 e. The van der Waals surface area contributed by atoms with E-state index in [1.54, 1.807) is 0 Å². The molecule has 4 heteroatoms. The third-order valence-corrected chi connectivity index (χ3v) is 13.1. The molecular formula is C63H40N4. The lowest BCUT2D eigenvalue weighted by molar-refractivity contribution is 1.18. The summed E-state index contributed by atoms with van der Waals surface area (Å²) in [6.45, 7) is 0. The summed E-state index contributed by atoms with van der Waals surface area (Å²) in [5, 5.41) is 6.83. The number of benzene rings is 10. The van der Waals surface area contributed by atoms with Crippen LogP contribution in [0.3, 0.4) is 0 Å². The molecule has 0 N–H and O–H groups in total. The van der Waals surface area contributed by atoms with Crippen molar-refractivity contribution >= 4 is 54.4 Å². The van der Waals surface area contributed by atoms with Gasteiger partial charge in [-0.1, -0.05) is 182 Å². The molecule has 0 bridgehead atoms. The number of pyridine rings is 1. The van der Waals surface area contributed by atoms with E-state index in [9.17, 15) is 0 Å². The van der Waals surface area contributed by atoms with Gasteiger partial charge >= 0.3 is 0 Å². The number of hydrogen-bond donors (Lipinski definition) is 0. The first kappa shape index (κ1) is 38.5. The van der Waals surface area contributed by atoms with Gasteiger partial charge in [-0.3, -0.25) is 0 Å². The van der Waals surface area contributed by atoms with Gasteiger partial charge in [-0.05, 0) is 99.4 Å². The molecule has 13 aromatic rings. The van der Waals surface area contributed by atoms with Crippen molar-refractivity contribution < 1.29 is 0 Å². The summed E-state index contributed by atoms with van der Waals surface area (Å²) in [4.78, 5) is 15.9. The van der Waals surface area contributed by atoms with Gasteiger partial charge in [0.05, 0.1) is 33.5 Å². The fraction of sp³-hybridized carbons (Fsp3) is 0. The van der Waals surface area contributed by atoms with Crippen LogP contribution >= 0.6 is 0 Å². The monoisotopic (exact) mass is 852 g/mol. The van der Waals surface area contributed by atoms with E-state index in [4.69, 9.17) is 15.0 Å². The van der Waals surface area contributed by atoms with Gasteiger partial charge in [-0.25, -0.2) is 15.0 Å². The zero-order chi connectivity index (χ0) is 44.3. The highest BCUT2D eigenvalue weighted by Gasteiger charge is 2.19. The number of rotatable bonds is 7. The van der Waals surface area contributed by atoms with Crippen molar-refractivity contribution in [2.45, 2.75) is 0 Å². The topological polar surface area (TPSA) is 43.6 Å². The van der Waals surface area contributed by atoms with Crippen LogP contribution in [0.25, 0.3) is 127 Å². The van der Waals surface area contributed by atoms with Crippen LogP contribution in [0.1, 0.15) is 0 Å². The minimum atomic E-state index is 0.690. The van der Waals surface area contributed by atoms with E-state index in [2.05, 4.69) is 247 Å². The molecule has 0 saturated heterocycles. The molecule has 4 nitrogen and oxygen atoms in total. The van der Waals surface area contributed by atoms with E-state index in [0.717, 1.165) is 111 Å². The summed E-state index contributed by atoms with van der Waals surface area (Å²) >= 11 is 0. The summed E-state index contributed by atoms with van der Waals surface area (Å²) < 4.78 is 2.39. The third-order valence-electron chi connectivity index (χ3n) is 13.1. The van der Waals surface area contributed by atoms with E-state index in [-0.39, 0.29) is 0 Å². The third kappa shape index (κ3) is 6.74. The Kier molecular flexibility index (Phi) is 9.14. The van der Waals surface area contributed by atoms with Crippen LogP contribution in [0.2, 0.25) is 0 Å². The van der Waals surface area contributed by atoms with Gasteiger partial charge in [0.1, 0.15) is 0 Å². The number of fused-ring (bicyclic) bond motifs is 7. The zero-order valence-electron chi connectivity index (χ0n) is 36.4. The highest BCUT2D eigenvalue weighted by atomic mass is 15.0. The molecule has 312 valence electrons. The predicted molar refractivity (Wildman–Crippen MR) is 279 cm³/mol. The first-order valence-electron chi connectivity index (χ1n) is 22.8. The van der Waals surface area contributed by atoms with E-state index >= 15 is 0 Å². The average molecular weight is 853 g/mol. The molecule has 3 heterocycles. The predicted octanol–water partition coefficient (Wildman–Crippen LogP) is 16.4. The van der Waals surface area contributed by atoms with Crippen LogP contribution < -0.4 is 0 Å². The molecule has 10 aromatic carbocycles. The molecule has 0 radical (unpaired) electrons. The lowest BCUT2D eigenvalue weighted by atomic mass is 9.94. The molecular weight excluding hydrogens is 813 g/mol. The molecule has 0 aliphatic carbocycles. The number of nitrogens with zero attached hydrogens (tertiary/aromatic N) is 4. The van der Waals surface area contributed by atoms with Crippen LogP contribution in [-0.2, 0) is 0 Å². The second kappa shape index (κ2) is 15.9. The van der Waals surface area contributed by atoms with Crippen LogP contribution in [0.5, 0.6) is 0 Å². The zero-order valence-corrected chi connectivity index (χ0v) is 36.4. The maximum atomic E-state index is 5.39. The standard InChI is InChI=1S/C63H40N4/c1-5-17-41(18-6-1)47-35-48(42-19-7-2-8-20-42)37-49(36-47)62-53-27-15-16-28-57(53)65-63(66-62)45-31-29-43(30-32-45)46-33-34-59-55(38-46)56-39-58-54(40-60(56)67(59)50-23-11-4-12-24-50)51-25-13-14-26-52(51)61(64-58)44-21-9-3-10-22-44/h1-40H.